The normalized spacial score (nSPS) is 14.7. The largest absolute Gasteiger partial charge is 0.495 e. The lowest BCUT2D eigenvalue weighted by atomic mass is 10.1. The second kappa shape index (κ2) is 9.71. The van der Waals surface area contributed by atoms with Crippen molar-refractivity contribution in [2.24, 2.45) is 0 Å². The third-order valence-electron chi connectivity index (χ3n) is 5.52. The van der Waals surface area contributed by atoms with Crippen LogP contribution in [0, 0.1) is 0 Å². The van der Waals surface area contributed by atoms with Gasteiger partial charge < -0.3 is 9.47 Å². The fourth-order valence-corrected chi connectivity index (χ4v) is 5.08. The zero-order valence-corrected chi connectivity index (χ0v) is 20.1. The molecule has 5 rings (SSSR count). The van der Waals surface area contributed by atoms with Gasteiger partial charge in [-0.05, 0) is 58.3 Å². The van der Waals surface area contributed by atoms with Gasteiger partial charge >= 0.3 is 0 Å². The second-order valence-corrected chi connectivity index (χ2v) is 9.40. The zero-order valence-electron chi connectivity index (χ0n) is 18.4. The molecule has 1 amide bonds. The molecule has 0 aliphatic carbocycles. The average molecular weight is 484 g/mol. The van der Waals surface area contributed by atoms with Crippen LogP contribution in [0.3, 0.4) is 0 Å². The number of thioether (sulfide) groups is 1. The van der Waals surface area contributed by atoms with E-state index >= 15 is 0 Å². The summed E-state index contributed by atoms with van der Waals surface area (Å²) in [5, 5.41) is 2.41. The number of nitrogens with zero attached hydrogens (tertiary/aromatic N) is 1. The second-order valence-electron chi connectivity index (χ2n) is 7.73. The Morgan fingerprint density at radius 3 is 2.44 bits per heavy atom. The van der Waals surface area contributed by atoms with E-state index in [0.717, 1.165) is 16.9 Å². The molecule has 1 aliphatic heterocycles. The molecule has 1 aliphatic rings. The van der Waals surface area contributed by atoms with Gasteiger partial charge in [-0.2, -0.15) is 0 Å². The maximum absolute atomic E-state index is 13.1. The Balaban J connectivity index is 1.28. The van der Waals surface area contributed by atoms with Crippen molar-refractivity contribution in [3.63, 3.8) is 0 Å². The average Bonchev–Trinajstić information content (AvgIpc) is 3.15. The monoisotopic (exact) mass is 483 g/mol. The quantitative estimate of drug-likeness (QED) is 0.222. The Kier molecular flexibility index (Phi) is 6.34. The van der Waals surface area contributed by atoms with E-state index in [1.165, 1.54) is 27.4 Å². The number of thiocarbonyl (C=S) groups is 1. The number of benzene rings is 4. The number of ether oxygens (including phenoxy) is 2. The number of amides is 1. The molecule has 0 saturated carbocycles. The van der Waals surface area contributed by atoms with Crippen LogP contribution in [-0.2, 0) is 11.4 Å². The van der Waals surface area contributed by atoms with Gasteiger partial charge in [0.1, 0.15) is 18.1 Å². The number of rotatable bonds is 6. The van der Waals surface area contributed by atoms with Gasteiger partial charge in [-0.25, -0.2) is 0 Å². The standard InChI is InChI=1S/C28H21NO3S2/c1-31-25-9-5-4-8-24(25)29-27(30)26(34-28(29)33)17-19-11-14-23(15-12-19)32-18-20-10-13-21-6-2-3-7-22(21)16-20/h2-17H,18H2,1H3/b26-17-. The number of fused-ring (bicyclic) bond motifs is 1. The molecule has 1 fully saturated rings. The van der Waals surface area contributed by atoms with E-state index in [1.54, 1.807) is 7.11 Å². The summed E-state index contributed by atoms with van der Waals surface area (Å²) in [5.74, 6) is 1.22. The molecule has 34 heavy (non-hydrogen) atoms. The van der Waals surface area contributed by atoms with Crippen LogP contribution in [0.15, 0.2) is 95.9 Å². The molecule has 0 aromatic heterocycles. The van der Waals surface area contributed by atoms with Crippen molar-refractivity contribution in [1.82, 2.24) is 0 Å². The Labute approximate surface area is 207 Å². The zero-order chi connectivity index (χ0) is 23.5. The summed E-state index contributed by atoms with van der Waals surface area (Å²) >= 11 is 6.77. The number of hydrogen-bond acceptors (Lipinski definition) is 5. The topological polar surface area (TPSA) is 38.8 Å². The van der Waals surface area contributed by atoms with Gasteiger partial charge in [0.25, 0.3) is 5.91 Å². The van der Waals surface area contributed by atoms with Gasteiger partial charge in [0.05, 0.1) is 17.7 Å². The summed E-state index contributed by atoms with van der Waals surface area (Å²) in [5.41, 5.74) is 2.66. The Morgan fingerprint density at radius 1 is 0.912 bits per heavy atom. The highest BCUT2D eigenvalue weighted by molar-refractivity contribution is 8.27. The maximum atomic E-state index is 13.1. The first kappa shape index (κ1) is 22.2. The first-order chi connectivity index (χ1) is 16.6. The molecular weight excluding hydrogens is 462 g/mol. The van der Waals surface area contributed by atoms with Crippen molar-refractivity contribution in [1.29, 1.82) is 0 Å². The van der Waals surface area contributed by atoms with E-state index in [2.05, 4.69) is 30.3 Å². The van der Waals surface area contributed by atoms with Gasteiger partial charge in [0.2, 0.25) is 0 Å². The first-order valence-corrected chi connectivity index (χ1v) is 12.0. The van der Waals surface area contributed by atoms with Gasteiger partial charge in [-0.15, -0.1) is 0 Å². The molecule has 4 nitrogen and oxygen atoms in total. The molecule has 1 saturated heterocycles. The first-order valence-electron chi connectivity index (χ1n) is 10.7. The third kappa shape index (κ3) is 4.55. The fraction of sp³-hybridized carbons (Fsp3) is 0.0714. The molecule has 4 aromatic rings. The van der Waals surface area contributed by atoms with Crippen LogP contribution in [0.25, 0.3) is 16.8 Å². The summed E-state index contributed by atoms with van der Waals surface area (Å²) in [6, 6.07) is 29.7. The van der Waals surface area contributed by atoms with Crippen molar-refractivity contribution in [2.75, 3.05) is 12.0 Å². The summed E-state index contributed by atoms with van der Waals surface area (Å²) in [7, 11) is 1.58. The van der Waals surface area contributed by atoms with Crippen molar-refractivity contribution in [3.8, 4) is 11.5 Å². The molecule has 0 bridgehead atoms. The van der Waals surface area contributed by atoms with Gasteiger partial charge in [0, 0.05) is 0 Å². The molecule has 4 aromatic carbocycles. The number of methoxy groups -OCH3 is 1. The summed E-state index contributed by atoms with van der Waals surface area (Å²) < 4.78 is 11.9. The number of carbonyl (C=O) groups is 1. The maximum Gasteiger partial charge on any atom is 0.270 e. The minimum atomic E-state index is -0.156. The van der Waals surface area contributed by atoms with Gasteiger partial charge in [0.15, 0.2) is 4.32 Å². The van der Waals surface area contributed by atoms with Crippen molar-refractivity contribution in [2.45, 2.75) is 6.61 Å². The van der Waals surface area contributed by atoms with E-state index in [9.17, 15) is 4.79 Å². The lowest BCUT2D eigenvalue weighted by Gasteiger charge is -2.17. The number of para-hydroxylation sites is 2. The van der Waals surface area contributed by atoms with E-state index < -0.39 is 0 Å². The molecule has 6 heteroatoms. The molecule has 1 heterocycles. The Hall–Kier alpha value is -3.61. The van der Waals surface area contributed by atoms with Crippen molar-refractivity contribution >= 4 is 56.7 Å². The molecule has 0 spiro atoms. The highest BCUT2D eigenvalue weighted by atomic mass is 32.2. The fourth-order valence-electron chi connectivity index (χ4n) is 3.80. The van der Waals surface area contributed by atoms with E-state index in [0.29, 0.717) is 27.3 Å². The SMILES string of the molecule is COc1ccccc1N1C(=O)/C(=C/c2ccc(OCc3ccc4ccccc4c3)cc2)SC1=S. The molecule has 0 radical (unpaired) electrons. The highest BCUT2D eigenvalue weighted by Crippen LogP contribution is 2.39. The van der Waals surface area contributed by atoms with Crippen LogP contribution in [0.5, 0.6) is 11.5 Å². The van der Waals surface area contributed by atoms with Crippen LogP contribution >= 0.6 is 24.0 Å². The predicted octanol–water partition coefficient (Wildman–Crippen LogP) is 6.83. The third-order valence-corrected chi connectivity index (χ3v) is 6.82. The Bertz CT molecular complexity index is 1410. The predicted molar refractivity (Wildman–Crippen MR) is 143 cm³/mol. The van der Waals surface area contributed by atoms with Gasteiger partial charge in [-0.1, -0.05) is 84.6 Å². The lowest BCUT2D eigenvalue weighted by molar-refractivity contribution is -0.113. The molecule has 0 unspecified atom stereocenters. The van der Waals surface area contributed by atoms with Crippen LogP contribution in [-0.4, -0.2) is 17.3 Å². The van der Waals surface area contributed by atoms with Crippen LogP contribution < -0.4 is 14.4 Å². The van der Waals surface area contributed by atoms with Crippen molar-refractivity contribution < 1.29 is 14.3 Å². The Morgan fingerprint density at radius 2 is 1.65 bits per heavy atom. The minimum Gasteiger partial charge on any atom is -0.495 e. The van der Waals surface area contributed by atoms with Gasteiger partial charge in [-0.3, -0.25) is 9.69 Å². The van der Waals surface area contributed by atoms with Crippen molar-refractivity contribution in [3.05, 3.63) is 107 Å². The molecule has 0 atom stereocenters. The van der Waals surface area contributed by atoms with E-state index in [4.69, 9.17) is 21.7 Å². The lowest BCUT2D eigenvalue weighted by Crippen LogP contribution is -2.27. The highest BCUT2D eigenvalue weighted by Gasteiger charge is 2.34. The number of carbonyl (C=O) groups excluding carboxylic acids is 1. The van der Waals surface area contributed by atoms with E-state index in [-0.39, 0.29) is 5.91 Å². The number of hydrogen-bond donors (Lipinski definition) is 0. The molecule has 0 N–H and O–H groups in total. The molecular formula is C28H21NO3S2. The molecule has 168 valence electrons. The summed E-state index contributed by atoms with van der Waals surface area (Å²) in [6.07, 6.45) is 1.85. The van der Waals surface area contributed by atoms with Crippen LogP contribution in [0.1, 0.15) is 11.1 Å². The van der Waals surface area contributed by atoms with E-state index in [1.807, 2.05) is 66.7 Å². The minimum absolute atomic E-state index is 0.156. The number of anilines is 1. The smallest absolute Gasteiger partial charge is 0.270 e. The summed E-state index contributed by atoms with van der Waals surface area (Å²) in [4.78, 5) is 15.2. The summed E-state index contributed by atoms with van der Waals surface area (Å²) in [6.45, 7) is 0.488. The van der Waals surface area contributed by atoms with Crippen LogP contribution in [0.4, 0.5) is 5.69 Å². The van der Waals surface area contributed by atoms with Crippen LogP contribution in [0.2, 0.25) is 0 Å².